The van der Waals surface area contributed by atoms with Crippen molar-refractivity contribution in [3.05, 3.63) is 96.6 Å². The van der Waals surface area contributed by atoms with Crippen molar-refractivity contribution in [3.63, 3.8) is 0 Å². The maximum atomic E-state index is 15.0. The summed E-state index contributed by atoms with van der Waals surface area (Å²) in [5.41, 5.74) is 0.826. The molecule has 1 heterocycles. The van der Waals surface area contributed by atoms with Crippen LogP contribution < -0.4 is 30.3 Å². The van der Waals surface area contributed by atoms with E-state index in [0.717, 1.165) is 12.5 Å². The Labute approximate surface area is 418 Å². The Morgan fingerprint density at radius 2 is 1.32 bits per heavy atom. The van der Waals surface area contributed by atoms with Crippen molar-refractivity contribution in [2.45, 2.75) is 135 Å². The molecule has 3 aromatic carbocycles. The summed E-state index contributed by atoms with van der Waals surface area (Å²) < 4.78 is 33.5. The Kier molecular flexibility index (Phi) is 22.2. The Balaban J connectivity index is 1.67. The second-order valence-electron chi connectivity index (χ2n) is 17.9. The normalized spacial score (nSPS) is 17.0. The number of carbonyl (C=O) groups is 8. The van der Waals surface area contributed by atoms with E-state index in [9.17, 15) is 53.8 Å². The fourth-order valence-corrected chi connectivity index (χ4v) is 9.92. The average Bonchev–Trinajstić information content (AvgIpc) is 3.78. The number of benzene rings is 3. The summed E-state index contributed by atoms with van der Waals surface area (Å²) >= 11 is 0. The van der Waals surface area contributed by atoms with Crippen molar-refractivity contribution in [1.82, 2.24) is 31.2 Å². The molecule has 8 atom stereocenters. The third-order valence-corrected chi connectivity index (χ3v) is 14.0. The molecule has 7 N–H and O–H groups in total. The third kappa shape index (κ3) is 16.9. The van der Waals surface area contributed by atoms with Crippen molar-refractivity contribution in [2.75, 3.05) is 6.54 Å². The molecule has 1 saturated heterocycles. The lowest BCUT2D eigenvalue weighted by molar-refractivity contribution is -0.187. The van der Waals surface area contributed by atoms with Gasteiger partial charge in [0.15, 0.2) is 5.78 Å². The fourth-order valence-electron chi connectivity index (χ4n) is 7.93. The number of carboxylic acids is 2. The van der Waals surface area contributed by atoms with Gasteiger partial charge in [-0.05, 0) is 54.5 Å². The third-order valence-electron chi connectivity index (χ3n) is 11.9. The van der Waals surface area contributed by atoms with Crippen LogP contribution in [0.25, 0.3) is 0 Å². The summed E-state index contributed by atoms with van der Waals surface area (Å²) in [6.07, 6.45) is -2.21. The highest BCUT2D eigenvalue weighted by molar-refractivity contribution is 7.55. The molecule has 72 heavy (non-hydrogen) atoms. The number of hydrogen-bond acceptors (Lipinski definition) is 13. The molecule has 0 spiro atoms. The number of amides is 6. The van der Waals surface area contributed by atoms with Crippen LogP contribution in [0.2, 0.25) is 0 Å². The quantitative estimate of drug-likeness (QED) is 0.0290. The first-order valence-electron chi connectivity index (χ1n) is 23.9. The predicted molar refractivity (Wildman–Crippen MR) is 261 cm³/mol. The van der Waals surface area contributed by atoms with Gasteiger partial charge in [-0.15, -0.1) is 0 Å². The van der Waals surface area contributed by atoms with E-state index >= 15 is 4.57 Å². The summed E-state index contributed by atoms with van der Waals surface area (Å²) in [7, 11) is -4.30. The molecule has 3 aromatic rings. The van der Waals surface area contributed by atoms with Crippen LogP contribution in [-0.4, -0.2) is 121 Å². The van der Waals surface area contributed by atoms with Gasteiger partial charge in [-0.1, -0.05) is 114 Å². The van der Waals surface area contributed by atoms with Gasteiger partial charge in [0.1, 0.15) is 41.7 Å². The maximum Gasteiger partial charge on any atom is 0.452 e. The summed E-state index contributed by atoms with van der Waals surface area (Å²) in [5, 5.41) is 40.3. The number of hydroxylamine groups is 2. The first kappa shape index (κ1) is 57.7. The van der Waals surface area contributed by atoms with E-state index in [1.165, 1.54) is 11.8 Å². The Morgan fingerprint density at radius 3 is 1.82 bits per heavy atom. The van der Waals surface area contributed by atoms with Gasteiger partial charge < -0.3 is 50.2 Å². The Hall–Kier alpha value is -6.83. The first-order chi connectivity index (χ1) is 34.2. The van der Waals surface area contributed by atoms with Gasteiger partial charge >= 0.3 is 19.5 Å². The van der Waals surface area contributed by atoms with Crippen LogP contribution in [0.4, 0.5) is 0 Å². The van der Waals surface area contributed by atoms with E-state index in [1.54, 1.807) is 81.4 Å². The number of hydrogen-bond donors (Lipinski definition) is 7. The number of rotatable bonds is 28. The van der Waals surface area contributed by atoms with Gasteiger partial charge in [0.25, 0.3) is 5.91 Å². The lowest BCUT2D eigenvalue weighted by atomic mass is 9.95. The number of nitrogens with one attached hydrogen (secondary N) is 4. The van der Waals surface area contributed by atoms with E-state index in [4.69, 9.17) is 13.8 Å². The molecular weight excluding hydrogens is 956 g/mol. The second kappa shape index (κ2) is 27.7. The highest BCUT2D eigenvalue weighted by atomic mass is 31.2. The number of ether oxygens (including phenoxy) is 1. The van der Waals surface area contributed by atoms with E-state index < -0.39 is 128 Å². The predicted octanol–water partition coefficient (Wildman–Crippen LogP) is 4.87. The van der Waals surface area contributed by atoms with Gasteiger partial charge in [0, 0.05) is 26.3 Å². The Morgan fingerprint density at radius 1 is 0.750 bits per heavy atom. The number of para-hydroxylation sites is 2. The van der Waals surface area contributed by atoms with E-state index in [0.29, 0.717) is 6.42 Å². The van der Waals surface area contributed by atoms with Crippen molar-refractivity contribution in [1.29, 1.82) is 0 Å². The number of carboxylic acid groups (broad SMARTS) is 2. The fraction of sp³-hybridized carbons (Fsp3) is 0.480. The van der Waals surface area contributed by atoms with Crippen molar-refractivity contribution in [2.24, 2.45) is 11.8 Å². The molecule has 1 fully saturated rings. The van der Waals surface area contributed by atoms with Crippen LogP contribution in [0.1, 0.15) is 92.1 Å². The Bertz CT molecular complexity index is 2300. The molecule has 1 aliphatic heterocycles. The van der Waals surface area contributed by atoms with Gasteiger partial charge in [-0.2, -0.15) is 0 Å². The molecule has 0 bridgehead atoms. The van der Waals surface area contributed by atoms with E-state index in [1.807, 2.05) is 37.3 Å². The van der Waals surface area contributed by atoms with Crippen LogP contribution in [0.3, 0.4) is 0 Å². The zero-order valence-electron chi connectivity index (χ0n) is 41.3. The largest absolute Gasteiger partial charge is 0.481 e. The monoisotopic (exact) mass is 1020 g/mol. The minimum Gasteiger partial charge on any atom is -0.481 e. The first-order valence-corrected chi connectivity index (χ1v) is 25.5. The molecule has 6 amide bonds. The summed E-state index contributed by atoms with van der Waals surface area (Å²) in [5.74, 6) is -10.9. The molecule has 0 aliphatic carbocycles. The SMILES string of the molecule is CCCC(NC(=O)[C@@H]1C[C@@H](OCc2ccccc2)CN1C(=O)[C@@H](NC(=O)[C@H]([C@@H](C)CC)N(O)C(=O)[C@@H](CCC(=O)O)NC(=O)[C@H](CC(=O)O)NC(C)=O)C(C)C)P(=O)(Oc1ccccc1)Oc1ccccc1. The van der Waals surface area contributed by atoms with Crippen molar-refractivity contribution >= 4 is 55.0 Å². The zero-order chi connectivity index (χ0) is 53.1. The lowest BCUT2D eigenvalue weighted by Crippen LogP contribution is -2.61. The van der Waals surface area contributed by atoms with Crippen molar-refractivity contribution < 1.29 is 72.1 Å². The topological polar surface area (TPSA) is 297 Å². The number of likely N-dealkylation sites (tertiary alicyclic amines) is 1. The molecule has 0 aromatic heterocycles. The van der Waals surface area contributed by atoms with Gasteiger partial charge in [0.05, 0.1) is 19.1 Å². The number of nitrogens with zero attached hydrogens (tertiary/aromatic N) is 2. The molecule has 0 radical (unpaired) electrons. The molecule has 1 aliphatic rings. The van der Waals surface area contributed by atoms with Crippen molar-refractivity contribution in [3.8, 4) is 11.5 Å². The van der Waals surface area contributed by atoms with Crippen LogP contribution in [0, 0.1) is 11.8 Å². The minimum atomic E-state index is -4.30. The van der Waals surface area contributed by atoms with E-state index in [-0.39, 0.29) is 49.0 Å². The summed E-state index contributed by atoms with van der Waals surface area (Å²) in [6.45, 7) is 9.32. The highest BCUT2D eigenvalue weighted by Crippen LogP contribution is 2.53. The maximum absolute atomic E-state index is 15.0. The number of carbonyl (C=O) groups excluding carboxylic acids is 6. The summed E-state index contributed by atoms with van der Waals surface area (Å²) in [6, 6.07) is 18.0. The second-order valence-corrected chi connectivity index (χ2v) is 20.0. The van der Waals surface area contributed by atoms with Gasteiger partial charge in [-0.25, -0.2) is 9.63 Å². The molecule has 1 unspecified atom stereocenters. The van der Waals surface area contributed by atoms with Gasteiger partial charge in [0.2, 0.25) is 29.5 Å². The zero-order valence-corrected chi connectivity index (χ0v) is 42.2. The smallest absolute Gasteiger partial charge is 0.452 e. The molecule has 4 rings (SSSR count). The minimum absolute atomic E-state index is 0.0154. The molecular formula is C50H67N6O15P. The molecule has 22 heteroatoms. The van der Waals surface area contributed by atoms with Crippen LogP contribution in [-0.2, 0) is 54.3 Å². The molecule has 0 saturated carbocycles. The molecule has 21 nitrogen and oxygen atoms in total. The summed E-state index contributed by atoms with van der Waals surface area (Å²) in [4.78, 5) is 108. The number of aliphatic carboxylic acids is 2. The average molecular weight is 1020 g/mol. The molecule has 392 valence electrons. The van der Waals surface area contributed by atoms with Crippen LogP contribution >= 0.6 is 7.60 Å². The van der Waals surface area contributed by atoms with Crippen LogP contribution in [0.15, 0.2) is 91.0 Å². The van der Waals surface area contributed by atoms with Crippen LogP contribution in [0.5, 0.6) is 11.5 Å². The van der Waals surface area contributed by atoms with Gasteiger partial charge in [-0.3, -0.25) is 43.6 Å². The van der Waals surface area contributed by atoms with E-state index in [2.05, 4.69) is 21.3 Å². The standard InChI is InChI=1S/C50H67N6O15P/c1-7-18-41(72(68,70-35-21-14-10-15-22-35)71-36-23-16-11-17-24-36)53-47(63)40-27-37(69-30-34-19-12-9-13-20-34)29-55(40)50(66)44(31(3)4)54-48(64)45(32(5)8-2)56(67)49(65)38(25-26-42(58)59)52-46(62)39(28-43(60)61)51-33(6)57/h9-17,19-24,31-32,37-41,44-45,67H,7-8,18,25-30H2,1-6H3,(H,51,57)(H,52,62)(H,53,63)(H,54,64)(H,58,59)(H,60,61)/t32-,37+,38+,39-,40-,41?,44-,45-/m0/s1. The highest BCUT2D eigenvalue weighted by Gasteiger charge is 2.48. The lowest BCUT2D eigenvalue weighted by Gasteiger charge is -2.35.